The lowest BCUT2D eigenvalue weighted by atomic mass is 10.1. The molecule has 0 amide bonds. The van der Waals surface area contributed by atoms with Crippen LogP contribution < -0.4 is 0 Å². The first-order valence-electron chi connectivity index (χ1n) is 11.3. The number of dihydropyridines is 1. The number of hydrogen-bond donors (Lipinski definition) is 0. The average Bonchev–Trinajstić information content (AvgIpc) is 3.36. The van der Waals surface area contributed by atoms with Gasteiger partial charge in [0.1, 0.15) is 5.65 Å². The maximum Gasteiger partial charge on any atom is 0.146 e. The molecule has 4 heterocycles. The minimum atomic E-state index is 0.830. The third-order valence-corrected chi connectivity index (χ3v) is 6.71. The Morgan fingerprint density at radius 2 is 1.50 bits per heavy atom. The third-order valence-electron chi connectivity index (χ3n) is 6.71. The SMILES string of the molecule is C1=CCCC(n2c3ccccc3c3cc4c(nc32)c2ccccc2n4C2=CC=NCC2)=C1. The predicted octanol–water partition coefficient (Wildman–Crippen LogP) is 6.80. The molecule has 0 saturated heterocycles. The predicted molar refractivity (Wildman–Crippen MR) is 135 cm³/mol. The molecule has 3 aromatic heterocycles. The van der Waals surface area contributed by atoms with Crippen LogP contribution in [0.1, 0.15) is 19.3 Å². The number of pyridine rings is 1. The fourth-order valence-electron chi connectivity index (χ4n) is 5.28. The molecule has 5 aromatic rings. The standard InChI is InChI=1S/C28H22N4/c1-2-8-19(9-3-1)32-24-12-6-4-10-21(24)23-18-26-27(30-28(23)32)22-11-5-7-13-25(22)31(26)20-14-16-29-17-15-20/h1-2,4-8,10-14,16,18H,3,9,15,17H2. The summed E-state index contributed by atoms with van der Waals surface area (Å²) >= 11 is 0. The van der Waals surface area contributed by atoms with Gasteiger partial charge in [0.05, 0.1) is 22.1 Å². The van der Waals surface area contributed by atoms with Gasteiger partial charge in [-0.2, -0.15) is 0 Å². The number of rotatable bonds is 2. The molecule has 0 radical (unpaired) electrons. The molecule has 2 aliphatic rings. The van der Waals surface area contributed by atoms with Crippen molar-refractivity contribution in [2.75, 3.05) is 6.54 Å². The van der Waals surface area contributed by atoms with Gasteiger partial charge in [0.2, 0.25) is 0 Å². The second-order valence-corrected chi connectivity index (χ2v) is 8.52. The molecule has 0 atom stereocenters. The van der Waals surface area contributed by atoms with Crippen molar-refractivity contribution in [1.82, 2.24) is 14.1 Å². The minimum absolute atomic E-state index is 0.830. The van der Waals surface area contributed by atoms with Gasteiger partial charge in [0, 0.05) is 46.7 Å². The summed E-state index contributed by atoms with van der Waals surface area (Å²) < 4.78 is 4.75. The zero-order valence-corrected chi connectivity index (χ0v) is 17.7. The van der Waals surface area contributed by atoms with Crippen molar-refractivity contribution in [2.45, 2.75) is 19.3 Å². The Bertz CT molecular complexity index is 1540. The van der Waals surface area contributed by atoms with Gasteiger partial charge in [-0.25, -0.2) is 4.98 Å². The number of hydrogen-bond acceptors (Lipinski definition) is 2. The molecular formula is C28H22N4. The lowest BCUT2D eigenvalue weighted by Gasteiger charge is -2.14. The van der Waals surface area contributed by atoms with Gasteiger partial charge in [0.15, 0.2) is 0 Å². The van der Waals surface area contributed by atoms with E-state index in [1.165, 1.54) is 44.1 Å². The molecule has 0 spiro atoms. The summed E-state index contributed by atoms with van der Waals surface area (Å²) in [5, 5.41) is 3.66. The fraction of sp³-hybridized carbons (Fsp3) is 0.143. The normalized spacial score (nSPS) is 16.4. The molecule has 2 aromatic carbocycles. The van der Waals surface area contributed by atoms with Crippen molar-refractivity contribution >= 4 is 61.5 Å². The van der Waals surface area contributed by atoms with Crippen LogP contribution in [0.25, 0.3) is 55.3 Å². The zero-order valence-electron chi connectivity index (χ0n) is 17.7. The largest absolute Gasteiger partial charge is 0.311 e. The summed E-state index contributed by atoms with van der Waals surface area (Å²) in [4.78, 5) is 9.75. The minimum Gasteiger partial charge on any atom is -0.311 e. The molecule has 0 unspecified atom stereocenters. The maximum absolute atomic E-state index is 5.35. The highest BCUT2D eigenvalue weighted by Crippen LogP contribution is 2.38. The summed E-state index contributed by atoms with van der Waals surface area (Å²) in [5.74, 6) is 0. The number of para-hydroxylation sites is 2. The highest BCUT2D eigenvalue weighted by atomic mass is 15.1. The van der Waals surface area contributed by atoms with Gasteiger partial charge in [-0.05, 0) is 43.2 Å². The zero-order chi connectivity index (χ0) is 21.1. The van der Waals surface area contributed by atoms with Crippen molar-refractivity contribution < 1.29 is 0 Å². The molecule has 7 rings (SSSR count). The summed E-state index contributed by atoms with van der Waals surface area (Å²) in [6, 6.07) is 19.7. The van der Waals surface area contributed by atoms with Gasteiger partial charge in [-0.15, -0.1) is 0 Å². The van der Waals surface area contributed by atoms with E-state index >= 15 is 0 Å². The summed E-state index contributed by atoms with van der Waals surface area (Å²) in [6.07, 6.45) is 13.7. The monoisotopic (exact) mass is 414 g/mol. The quantitative estimate of drug-likeness (QED) is 0.313. The summed E-state index contributed by atoms with van der Waals surface area (Å²) in [6.45, 7) is 0.830. The molecule has 1 aliphatic carbocycles. The van der Waals surface area contributed by atoms with Crippen molar-refractivity contribution in [3.8, 4) is 0 Å². The van der Waals surface area contributed by atoms with Crippen LogP contribution in [0.3, 0.4) is 0 Å². The molecule has 4 nitrogen and oxygen atoms in total. The average molecular weight is 415 g/mol. The molecule has 0 fully saturated rings. The van der Waals surface area contributed by atoms with E-state index < -0.39 is 0 Å². The number of benzene rings is 2. The Morgan fingerprint density at radius 3 is 2.28 bits per heavy atom. The molecular weight excluding hydrogens is 392 g/mol. The Balaban J connectivity index is 1.66. The Hall–Kier alpha value is -3.92. The first-order valence-corrected chi connectivity index (χ1v) is 11.3. The van der Waals surface area contributed by atoms with E-state index in [0.717, 1.165) is 37.0 Å². The molecule has 0 saturated carbocycles. The van der Waals surface area contributed by atoms with E-state index in [-0.39, 0.29) is 0 Å². The van der Waals surface area contributed by atoms with Gasteiger partial charge >= 0.3 is 0 Å². The summed E-state index contributed by atoms with van der Waals surface area (Å²) in [7, 11) is 0. The molecule has 1 aliphatic heterocycles. The van der Waals surface area contributed by atoms with Crippen molar-refractivity contribution in [3.05, 3.63) is 78.9 Å². The van der Waals surface area contributed by atoms with Gasteiger partial charge in [0.25, 0.3) is 0 Å². The Labute approximate surface area is 185 Å². The van der Waals surface area contributed by atoms with Gasteiger partial charge in [-0.1, -0.05) is 48.6 Å². The highest BCUT2D eigenvalue weighted by Gasteiger charge is 2.20. The first kappa shape index (κ1) is 17.7. The Morgan fingerprint density at radius 1 is 0.719 bits per heavy atom. The van der Waals surface area contributed by atoms with Gasteiger partial charge in [-0.3, -0.25) is 9.56 Å². The highest BCUT2D eigenvalue weighted by molar-refractivity contribution is 6.16. The van der Waals surface area contributed by atoms with Crippen LogP contribution in [0.2, 0.25) is 0 Å². The van der Waals surface area contributed by atoms with E-state index in [1.807, 2.05) is 6.21 Å². The topological polar surface area (TPSA) is 35.1 Å². The van der Waals surface area contributed by atoms with Crippen molar-refractivity contribution in [2.24, 2.45) is 4.99 Å². The molecule has 32 heavy (non-hydrogen) atoms. The number of nitrogens with zero attached hydrogens (tertiary/aromatic N) is 4. The van der Waals surface area contributed by atoms with Crippen LogP contribution in [-0.4, -0.2) is 26.9 Å². The molecule has 0 N–H and O–H groups in total. The van der Waals surface area contributed by atoms with Crippen LogP contribution in [0.4, 0.5) is 0 Å². The van der Waals surface area contributed by atoms with E-state index in [0.29, 0.717) is 0 Å². The maximum atomic E-state index is 5.35. The molecule has 4 heteroatoms. The van der Waals surface area contributed by atoms with Crippen molar-refractivity contribution in [3.63, 3.8) is 0 Å². The van der Waals surface area contributed by atoms with Crippen LogP contribution in [0.15, 0.2) is 83.9 Å². The summed E-state index contributed by atoms with van der Waals surface area (Å²) in [5.41, 5.74) is 8.29. The second kappa shape index (κ2) is 6.79. The van der Waals surface area contributed by atoms with Crippen LogP contribution in [-0.2, 0) is 0 Å². The molecule has 154 valence electrons. The number of aliphatic imine (C=N–C) groups is 1. The number of aromatic nitrogens is 3. The van der Waals surface area contributed by atoms with E-state index in [1.54, 1.807) is 0 Å². The lowest BCUT2D eigenvalue weighted by molar-refractivity contribution is 0.960. The number of fused-ring (bicyclic) bond motifs is 6. The van der Waals surface area contributed by atoms with E-state index in [2.05, 4.69) is 93.0 Å². The smallest absolute Gasteiger partial charge is 0.146 e. The third kappa shape index (κ3) is 2.43. The second-order valence-electron chi connectivity index (χ2n) is 8.52. The van der Waals surface area contributed by atoms with E-state index in [4.69, 9.17) is 4.98 Å². The van der Waals surface area contributed by atoms with Crippen LogP contribution in [0, 0.1) is 0 Å². The number of allylic oxidation sites excluding steroid dienone is 5. The lowest BCUT2D eigenvalue weighted by Crippen LogP contribution is -2.03. The van der Waals surface area contributed by atoms with Gasteiger partial charge < -0.3 is 4.57 Å². The Kier molecular flexibility index (Phi) is 3.76. The van der Waals surface area contributed by atoms with E-state index in [9.17, 15) is 0 Å². The van der Waals surface area contributed by atoms with Crippen LogP contribution in [0.5, 0.6) is 0 Å². The van der Waals surface area contributed by atoms with Crippen LogP contribution >= 0.6 is 0 Å². The fourth-order valence-corrected chi connectivity index (χ4v) is 5.28. The van der Waals surface area contributed by atoms with Crippen molar-refractivity contribution in [1.29, 1.82) is 0 Å². The first-order chi connectivity index (χ1) is 15.9. The molecule has 0 bridgehead atoms.